The van der Waals surface area contributed by atoms with Crippen LogP contribution in [0, 0.1) is 0 Å². The van der Waals surface area contributed by atoms with Crippen LogP contribution in [0.1, 0.15) is 18.9 Å². The SMILES string of the molecule is CCOCCCNC(=O)N/C=C/c1cccc(OC)c1. The lowest BCUT2D eigenvalue weighted by Crippen LogP contribution is -2.33. The molecule has 2 amide bonds. The van der Waals surface area contributed by atoms with Crippen LogP contribution in [0.25, 0.3) is 6.08 Å². The monoisotopic (exact) mass is 278 g/mol. The van der Waals surface area contributed by atoms with E-state index in [1.165, 1.54) is 0 Å². The minimum Gasteiger partial charge on any atom is -0.497 e. The van der Waals surface area contributed by atoms with Gasteiger partial charge in [-0.25, -0.2) is 4.79 Å². The Morgan fingerprint density at radius 3 is 3.00 bits per heavy atom. The lowest BCUT2D eigenvalue weighted by Gasteiger charge is -2.04. The van der Waals surface area contributed by atoms with E-state index in [2.05, 4.69) is 10.6 Å². The van der Waals surface area contributed by atoms with Crippen LogP contribution >= 0.6 is 0 Å². The highest BCUT2D eigenvalue weighted by molar-refractivity contribution is 5.75. The van der Waals surface area contributed by atoms with E-state index in [9.17, 15) is 4.79 Å². The zero-order valence-corrected chi connectivity index (χ0v) is 12.0. The fraction of sp³-hybridized carbons (Fsp3) is 0.400. The molecule has 5 nitrogen and oxygen atoms in total. The number of methoxy groups -OCH3 is 1. The highest BCUT2D eigenvalue weighted by atomic mass is 16.5. The Kier molecular flexibility index (Phi) is 7.91. The Bertz CT molecular complexity index is 433. The van der Waals surface area contributed by atoms with Crippen molar-refractivity contribution >= 4 is 12.1 Å². The van der Waals surface area contributed by atoms with Crippen LogP contribution in [-0.2, 0) is 4.74 Å². The number of carbonyl (C=O) groups excluding carboxylic acids is 1. The lowest BCUT2D eigenvalue weighted by atomic mass is 10.2. The summed E-state index contributed by atoms with van der Waals surface area (Å²) in [7, 11) is 1.62. The molecule has 2 N–H and O–H groups in total. The summed E-state index contributed by atoms with van der Waals surface area (Å²) >= 11 is 0. The van der Waals surface area contributed by atoms with Crippen molar-refractivity contribution in [1.82, 2.24) is 10.6 Å². The second kappa shape index (κ2) is 9.86. The molecule has 0 fully saturated rings. The molecule has 20 heavy (non-hydrogen) atoms. The molecule has 110 valence electrons. The average molecular weight is 278 g/mol. The molecule has 0 bridgehead atoms. The molecular formula is C15H22N2O3. The highest BCUT2D eigenvalue weighted by Gasteiger charge is 1.96. The number of urea groups is 1. The summed E-state index contributed by atoms with van der Waals surface area (Å²) in [5, 5.41) is 5.39. The summed E-state index contributed by atoms with van der Waals surface area (Å²) in [6, 6.07) is 7.36. The van der Waals surface area contributed by atoms with Crippen LogP contribution in [0.15, 0.2) is 30.5 Å². The average Bonchev–Trinajstić information content (AvgIpc) is 2.47. The van der Waals surface area contributed by atoms with Gasteiger partial charge in [0.15, 0.2) is 0 Å². The first kappa shape index (κ1) is 16.0. The molecule has 0 heterocycles. The molecule has 0 unspecified atom stereocenters. The van der Waals surface area contributed by atoms with E-state index in [0.29, 0.717) is 19.8 Å². The maximum atomic E-state index is 11.5. The smallest absolute Gasteiger partial charge is 0.318 e. The van der Waals surface area contributed by atoms with Crippen LogP contribution < -0.4 is 15.4 Å². The normalized spacial score (nSPS) is 10.5. The molecule has 0 spiro atoms. The van der Waals surface area contributed by atoms with Gasteiger partial charge in [0.1, 0.15) is 5.75 Å². The number of hydrogen-bond donors (Lipinski definition) is 2. The molecule has 0 aliphatic rings. The van der Waals surface area contributed by atoms with E-state index in [4.69, 9.17) is 9.47 Å². The number of carbonyl (C=O) groups is 1. The lowest BCUT2D eigenvalue weighted by molar-refractivity contribution is 0.145. The van der Waals surface area contributed by atoms with E-state index >= 15 is 0 Å². The summed E-state index contributed by atoms with van der Waals surface area (Å²) in [5.41, 5.74) is 0.959. The van der Waals surface area contributed by atoms with Gasteiger partial charge in [0, 0.05) is 26.0 Å². The van der Waals surface area contributed by atoms with Crippen molar-refractivity contribution in [2.75, 3.05) is 26.9 Å². The Labute approximate surface area is 120 Å². The Morgan fingerprint density at radius 2 is 2.25 bits per heavy atom. The van der Waals surface area contributed by atoms with Crippen LogP contribution in [0.3, 0.4) is 0 Å². The first-order valence-corrected chi connectivity index (χ1v) is 6.69. The van der Waals surface area contributed by atoms with Crippen molar-refractivity contribution < 1.29 is 14.3 Å². The van der Waals surface area contributed by atoms with Gasteiger partial charge in [-0.3, -0.25) is 0 Å². The van der Waals surface area contributed by atoms with Gasteiger partial charge in [0.2, 0.25) is 0 Å². The number of hydrogen-bond acceptors (Lipinski definition) is 3. The Hall–Kier alpha value is -2.01. The summed E-state index contributed by atoms with van der Waals surface area (Å²) in [6.45, 7) is 3.91. The van der Waals surface area contributed by atoms with Crippen molar-refractivity contribution in [1.29, 1.82) is 0 Å². The maximum absolute atomic E-state index is 11.5. The molecule has 0 saturated carbocycles. The number of rotatable bonds is 8. The van der Waals surface area contributed by atoms with Gasteiger partial charge in [0.25, 0.3) is 0 Å². The van der Waals surface area contributed by atoms with E-state index in [0.717, 1.165) is 17.7 Å². The molecule has 0 saturated heterocycles. The fourth-order valence-corrected chi connectivity index (χ4v) is 1.53. The predicted octanol–water partition coefficient (Wildman–Crippen LogP) is 2.39. The number of amides is 2. The molecule has 0 atom stereocenters. The summed E-state index contributed by atoms with van der Waals surface area (Å²) in [5.74, 6) is 0.785. The first-order valence-electron chi connectivity index (χ1n) is 6.69. The van der Waals surface area contributed by atoms with Gasteiger partial charge in [-0.2, -0.15) is 0 Å². The minimum atomic E-state index is -0.222. The summed E-state index contributed by atoms with van der Waals surface area (Å²) < 4.78 is 10.3. The third-order valence-electron chi connectivity index (χ3n) is 2.54. The van der Waals surface area contributed by atoms with Gasteiger partial charge >= 0.3 is 6.03 Å². The topological polar surface area (TPSA) is 59.6 Å². The predicted molar refractivity (Wildman–Crippen MR) is 79.7 cm³/mol. The van der Waals surface area contributed by atoms with Crippen LogP contribution in [-0.4, -0.2) is 32.9 Å². The molecular weight excluding hydrogens is 256 g/mol. The zero-order valence-electron chi connectivity index (χ0n) is 12.0. The second-order valence-corrected chi connectivity index (χ2v) is 4.06. The van der Waals surface area contributed by atoms with Crippen LogP contribution in [0.2, 0.25) is 0 Å². The van der Waals surface area contributed by atoms with E-state index in [1.807, 2.05) is 37.3 Å². The number of ether oxygens (including phenoxy) is 2. The summed E-state index contributed by atoms with van der Waals surface area (Å²) in [6.07, 6.45) is 4.22. The number of nitrogens with one attached hydrogen (secondary N) is 2. The maximum Gasteiger partial charge on any atom is 0.318 e. The molecule has 1 aromatic carbocycles. The Balaban J connectivity index is 2.24. The Morgan fingerprint density at radius 1 is 1.40 bits per heavy atom. The zero-order chi connectivity index (χ0) is 14.6. The first-order chi connectivity index (χ1) is 9.76. The molecule has 5 heteroatoms. The van der Waals surface area contributed by atoms with Crippen LogP contribution in [0.4, 0.5) is 4.79 Å². The van der Waals surface area contributed by atoms with Crippen molar-refractivity contribution in [3.05, 3.63) is 36.0 Å². The van der Waals surface area contributed by atoms with E-state index in [1.54, 1.807) is 13.3 Å². The van der Waals surface area contributed by atoms with Crippen LogP contribution in [0.5, 0.6) is 5.75 Å². The van der Waals surface area contributed by atoms with Gasteiger partial charge in [-0.15, -0.1) is 0 Å². The molecule has 0 aliphatic heterocycles. The van der Waals surface area contributed by atoms with E-state index in [-0.39, 0.29) is 6.03 Å². The quantitative estimate of drug-likeness (QED) is 0.718. The van der Waals surface area contributed by atoms with Gasteiger partial charge in [-0.1, -0.05) is 12.1 Å². The van der Waals surface area contributed by atoms with Gasteiger partial charge in [-0.05, 0) is 37.1 Å². The minimum absolute atomic E-state index is 0.222. The molecule has 1 aromatic rings. The second-order valence-electron chi connectivity index (χ2n) is 4.06. The van der Waals surface area contributed by atoms with Crippen molar-refractivity contribution in [3.8, 4) is 5.75 Å². The van der Waals surface area contributed by atoms with Crippen molar-refractivity contribution in [3.63, 3.8) is 0 Å². The largest absolute Gasteiger partial charge is 0.497 e. The van der Waals surface area contributed by atoms with E-state index < -0.39 is 0 Å². The van der Waals surface area contributed by atoms with Gasteiger partial charge in [0.05, 0.1) is 7.11 Å². The fourth-order valence-electron chi connectivity index (χ4n) is 1.53. The standard InChI is InChI=1S/C15H22N2O3/c1-3-20-11-5-9-16-15(18)17-10-8-13-6-4-7-14(12-13)19-2/h4,6-8,10,12H,3,5,9,11H2,1-2H3,(H2,16,17,18)/b10-8+. The third-order valence-corrected chi connectivity index (χ3v) is 2.54. The molecule has 0 radical (unpaired) electrons. The molecule has 0 aliphatic carbocycles. The molecule has 1 rings (SSSR count). The van der Waals surface area contributed by atoms with Crippen molar-refractivity contribution in [2.45, 2.75) is 13.3 Å². The van der Waals surface area contributed by atoms with Crippen molar-refractivity contribution in [2.24, 2.45) is 0 Å². The number of benzene rings is 1. The highest BCUT2D eigenvalue weighted by Crippen LogP contribution is 2.13. The molecule has 0 aromatic heterocycles. The van der Waals surface area contributed by atoms with Gasteiger partial charge < -0.3 is 20.1 Å². The third kappa shape index (κ3) is 6.80. The summed E-state index contributed by atoms with van der Waals surface area (Å²) in [4.78, 5) is 11.5.